The van der Waals surface area contributed by atoms with Gasteiger partial charge in [-0.2, -0.15) is 4.98 Å². The van der Waals surface area contributed by atoms with Crippen molar-refractivity contribution in [2.75, 3.05) is 6.61 Å². The minimum Gasteiger partial charge on any atom is -0.480 e. The maximum atomic E-state index is 12.0. The van der Waals surface area contributed by atoms with Gasteiger partial charge in [-0.05, 0) is 19.9 Å². The van der Waals surface area contributed by atoms with Gasteiger partial charge in [-0.15, -0.1) is 5.10 Å². The number of aromatic nitrogens is 4. The highest BCUT2D eigenvalue weighted by atomic mass is 16.4. The Labute approximate surface area is 119 Å². The third-order valence-corrected chi connectivity index (χ3v) is 2.84. The first-order valence-corrected chi connectivity index (χ1v) is 6.28. The van der Waals surface area contributed by atoms with E-state index in [-0.39, 0.29) is 24.6 Å². The van der Waals surface area contributed by atoms with Crippen LogP contribution in [0.2, 0.25) is 0 Å². The highest BCUT2D eigenvalue weighted by molar-refractivity contribution is 5.93. The average Bonchev–Trinajstić information content (AvgIpc) is 2.82. The molecule has 2 aromatic heterocycles. The van der Waals surface area contributed by atoms with Crippen LogP contribution in [0.25, 0.3) is 5.78 Å². The summed E-state index contributed by atoms with van der Waals surface area (Å²) in [5.41, 5.74) is 1.50. The Hall–Kier alpha value is -2.55. The molecule has 21 heavy (non-hydrogen) atoms. The van der Waals surface area contributed by atoms with E-state index in [2.05, 4.69) is 20.4 Å². The van der Waals surface area contributed by atoms with Crippen molar-refractivity contribution in [3.8, 4) is 0 Å². The first-order chi connectivity index (χ1) is 9.92. The van der Waals surface area contributed by atoms with Crippen LogP contribution in [0.5, 0.6) is 0 Å². The zero-order valence-electron chi connectivity index (χ0n) is 11.6. The van der Waals surface area contributed by atoms with E-state index < -0.39 is 17.9 Å². The molecule has 0 aliphatic heterocycles. The maximum absolute atomic E-state index is 12.0. The number of carboxylic acids is 1. The Kier molecular flexibility index (Phi) is 4.13. The summed E-state index contributed by atoms with van der Waals surface area (Å²) in [4.78, 5) is 31.0. The molecule has 0 aliphatic carbocycles. The standard InChI is InChI=1S/C12H15N5O4/c1-6-5-7(2)17-12(13-6)15-9(16-17)10(19)14-8(3-4-18)11(20)21/h5,8,18H,3-4H2,1-2H3,(H,14,19)(H,20,21)/t8-/m1/s1. The summed E-state index contributed by atoms with van der Waals surface area (Å²) in [5, 5.41) is 24.0. The normalized spacial score (nSPS) is 12.3. The molecule has 0 saturated heterocycles. The molecule has 0 aromatic carbocycles. The van der Waals surface area contributed by atoms with Crippen LogP contribution < -0.4 is 5.32 Å². The van der Waals surface area contributed by atoms with Gasteiger partial charge in [0.25, 0.3) is 11.7 Å². The van der Waals surface area contributed by atoms with E-state index >= 15 is 0 Å². The van der Waals surface area contributed by atoms with E-state index in [1.54, 1.807) is 19.9 Å². The number of nitrogens with one attached hydrogen (secondary N) is 1. The van der Waals surface area contributed by atoms with Crippen LogP contribution in [0.15, 0.2) is 6.07 Å². The van der Waals surface area contributed by atoms with E-state index in [0.29, 0.717) is 0 Å². The lowest BCUT2D eigenvalue weighted by Crippen LogP contribution is -2.41. The number of aryl methyl sites for hydroxylation is 2. The van der Waals surface area contributed by atoms with Gasteiger partial charge in [0.1, 0.15) is 6.04 Å². The summed E-state index contributed by atoms with van der Waals surface area (Å²) >= 11 is 0. The fourth-order valence-electron chi connectivity index (χ4n) is 1.87. The van der Waals surface area contributed by atoms with Gasteiger partial charge in [0.05, 0.1) is 0 Å². The number of aliphatic carboxylic acids is 1. The number of carbonyl (C=O) groups is 2. The van der Waals surface area contributed by atoms with Crippen molar-refractivity contribution in [1.29, 1.82) is 0 Å². The van der Waals surface area contributed by atoms with Crippen molar-refractivity contribution >= 4 is 17.7 Å². The number of aliphatic hydroxyl groups excluding tert-OH is 1. The molecule has 0 spiro atoms. The summed E-state index contributed by atoms with van der Waals surface area (Å²) in [6.07, 6.45) is -0.0924. The molecule has 2 rings (SSSR count). The third-order valence-electron chi connectivity index (χ3n) is 2.84. The lowest BCUT2D eigenvalue weighted by molar-refractivity contribution is -0.139. The second kappa shape index (κ2) is 5.83. The monoisotopic (exact) mass is 293 g/mol. The predicted molar refractivity (Wildman–Crippen MR) is 70.8 cm³/mol. The Morgan fingerprint density at radius 2 is 2.10 bits per heavy atom. The summed E-state index contributed by atoms with van der Waals surface area (Å²) < 4.78 is 1.41. The Morgan fingerprint density at radius 3 is 2.71 bits per heavy atom. The van der Waals surface area contributed by atoms with E-state index in [4.69, 9.17) is 10.2 Å². The van der Waals surface area contributed by atoms with Gasteiger partial charge in [-0.1, -0.05) is 0 Å². The number of rotatable bonds is 5. The van der Waals surface area contributed by atoms with E-state index in [9.17, 15) is 9.59 Å². The molecule has 0 saturated carbocycles. The largest absolute Gasteiger partial charge is 0.480 e. The molecule has 2 heterocycles. The van der Waals surface area contributed by atoms with Crippen LogP contribution in [-0.4, -0.2) is 54.3 Å². The fourth-order valence-corrected chi connectivity index (χ4v) is 1.87. The summed E-state index contributed by atoms with van der Waals surface area (Å²) in [5.74, 6) is -1.85. The predicted octanol–water partition coefficient (Wildman–Crippen LogP) is -0.693. The molecule has 9 heteroatoms. The van der Waals surface area contributed by atoms with E-state index in [0.717, 1.165) is 11.4 Å². The topological polar surface area (TPSA) is 130 Å². The molecule has 112 valence electrons. The van der Waals surface area contributed by atoms with E-state index in [1.165, 1.54) is 4.52 Å². The Bertz CT molecular complexity index is 696. The third kappa shape index (κ3) is 3.14. The van der Waals surface area contributed by atoms with Crippen LogP contribution in [0, 0.1) is 13.8 Å². The number of hydrogen-bond donors (Lipinski definition) is 3. The number of nitrogens with zero attached hydrogens (tertiary/aromatic N) is 4. The minimum absolute atomic E-state index is 0.0924. The first kappa shape index (κ1) is 14.9. The second-order valence-electron chi connectivity index (χ2n) is 4.56. The van der Waals surface area contributed by atoms with Gasteiger partial charge in [0, 0.05) is 24.4 Å². The zero-order chi connectivity index (χ0) is 15.6. The molecule has 3 N–H and O–H groups in total. The van der Waals surface area contributed by atoms with Crippen LogP contribution >= 0.6 is 0 Å². The van der Waals surface area contributed by atoms with Gasteiger partial charge < -0.3 is 15.5 Å². The second-order valence-corrected chi connectivity index (χ2v) is 4.56. The van der Waals surface area contributed by atoms with Crippen molar-refractivity contribution in [3.05, 3.63) is 23.3 Å². The number of carboxylic acid groups (broad SMARTS) is 1. The molecular weight excluding hydrogens is 278 g/mol. The maximum Gasteiger partial charge on any atom is 0.326 e. The van der Waals surface area contributed by atoms with Gasteiger partial charge in [-0.3, -0.25) is 4.79 Å². The van der Waals surface area contributed by atoms with E-state index in [1.807, 2.05) is 0 Å². The van der Waals surface area contributed by atoms with Crippen molar-refractivity contribution in [1.82, 2.24) is 24.9 Å². The molecule has 1 amide bonds. The molecule has 0 aliphatic rings. The Morgan fingerprint density at radius 1 is 1.38 bits per heavy atom. The lowest BCUT2D eigenvalue weighted by Gasteiger charge is -2.11. The number of fused-ring (bicyclic) bond motifs is 1. The molecule has 9 nitrogen and oxygen atoms in total. The number of carbonyl (C=O) groups excluding carboxylic acids is 1. The van der Waals surface area contributed by atoms with Gasteiger partial charge in [-0.25, -0.2) is 14.3 Å². The molecule has 0 bridgehead atoms. The summed E-state index contributed by atoms with van der Waals surface area (Å²) in [7, 11) is 0. The van der Waals surface area contributed by atoms with Gasteiger partial charge >= 0.3 is 5.97 Å². The highest BCUT2D eigenvalue weighted by Gasteiger charge is 2.23. The first-order valence-electron chi connectivity index (χ1n) is 6.28. The highest BCUT2D eigenvalue weighted by Crippen LogP contribution is 2.05. The number of aliphatic hydroxyl groups is 1. The van der Waals surface area contributed by atoms with Gasteiger partial charge in [0.15, 0.2) is 0 Å². The molecule has 0 unspecified atom stereocenters. The van der Waals surface area contributed by atoms with Crippen molar-refractivity contribution in [2.24, 2.45) is 0 Å². The Balaban J connectivity index is 2.27. The van der Waals surface area contributed by atoms with Crippen molar-refractivity contribution in [2.45, 2.75) is 26.3 Å². The molecule has 0 radical (unpaired) electrons. The van der Waals surface area contributed by atoms with Crippen LogP contribution in [0.1, 0.15) is 28.4 Å². The smallest absolute Gasteiger partial charge is 0.326 e. The van der Waals surface area contributed by atoms with Crippen LogP contribution in [0.3, 0.4) is 0 Å². The fraction of sp³-hybridized carbons (Fsp3) is 0.417. The SMILES string of the molecule is Cc1cc(C)n2nc(C(=O)N[C@H](CCO)C(=O)O)nc2n1. The molecule has 0 fully saturated rings. The average molecular weight is 293 g/mol. The van der Waals surface area contributed by atoms with Gasteiger partial charge in [0.2, 0.25) is 5.82 Å². The zero-order valence-corrected chi connectivity index (χ0v) is 11.6. The van der Waals surface area contributed by atoms with Crippen molar-refractivity contribution in [3.63, 3.8) is 0 Å². The quantitative estimate of drug-likeness (QED) is 0.665. The molecule has 1 atom stereocenters. The molecule has 2 aromatic rings. The van der Waals surface area contributed by atoms with Crippen LogP contribution in [0.4, 0.5) is 0 Å². The minimum atomic E-state index is -1.23. The van der Waals surface area contributed by atoms with Crippen LogP contribution in [-0.2, 0) is 4.79 Å². The number of amides is 1. The summed E-state index contributed by atoms with van der Waals surface area (Å²) in [6.45, 7) is 3.24. The summed E-state index contributed by atoms with van der Waals surface area (Å²) in [6, 6.07) is 0.597. The number of hydrogen-bond acceptors (Lipinski definition) is 6. The molecular formula is C12H15N5O4. The lowest BCUT2D eigenvalue weighted by atomic mass is 10.2. The van der Waals surface area contributed by atoms with Crippen molar-refractivity contribution < 1.29 is 19.8 Å².